The molecule has 17 heavy (non-hydrogen) atoms. The standard InChI is InChI=1S/C13H17NO3/c1-3-9(2)14-12(15)8-10-4-6-11(7-5-10)13(16)17/h4-7,9H,3,8H2,1-2H3,(H,14,15)(H,16,17). The van der Waals surface area contributed by atoms with E-state index in [0.29, 0.717) is 0 Å². The van der Waals surface area contributed by atoms with E-state index in [1.165, 1.54) is 12.1 Å². The van der Waals surface area contributed by atoms with Crippen LogP contribution in [-0.2, 0) is 11.2 Å². The summed E-state index contributed by atoms with van der Waals surface area (Å²) in [7, 11) is 0. The third-order valence-corrected chi connectivity index (χ3v) is 2.59. The van der Waals surface area contributed by atoms with Crippen LogP contribution in [0.15, 0.2) is 24.3 Å². The Balaban J connectivity index is 2.57. The molecule has 0 fully saturated rings. The van der Waals surface area contributed by atoms with Gasteiger partial charge in [-0.25, -0.2) is 4.79 Å². The van der Waals surface area contributed by atoms with Crippen LogP contribution in [0.4, 0.5) is 0 Å². The number of carbonyl (C=O) groups is 2. The zero-order chi connectivity index (χ0) is 12.8. The lowest BCUT2D eigenvalue weighted by atomic mass is 10.1. The van der Waals surface area contributed by atoms with Crippen LogP contribution in [0.5, 0.6) is 0 Å². The Labute approximate surface area is 101 Å². The lowest BCUT2D eigenvalue weighted by Crippen LogP contribution is -2.33. The number of benzene rings is 1. The van der Waals surface area contributed by atoms with Crippen LogP contribution in [-0.4, -0.2) is 23.0 Å². The van der Waals surface area contributed by atoms with Crippen molar-refractivity contribution in [3.05, 3.63) is 35.4 Å². The number of amides is 1. The van der Waals surface area contributed by atoms with Gasteiger partial charge in [0.15, 0.2) is 0 Å². The van der Waals surface area contributed by atoms with Crippen molar-refractivity contribution in [2.24, 2.45) is 0 Å². The summed E-state index contributed by atoms with van der Waals surface area (Å²) >= 11 is 0. The van der Waals surface area contributed by atoms with E-state index < -0.39 is 5.97 Å². The van der Waals surface area contributed by atoms with Crippen LogP contribution >= 0.6 is 0 Å². The van der Waals surface area contributed by atoms with E-state index in [1.54, 1.807) is 12.1 Å². The van der Waals surface area contributed by atoms with Gasteiger partial charge >= 0.3 is 5.97 Å². The van der Waals surface area contributed by atoms with E-state index in [9.17, 15) is 9.59 Å². The van der Waals surface area contributed by atoms with E-state index in [4.69, 9.17) is 5.11 Å². The second kappa shape index (κ2) is 6.03. The molecule has 0 bridgehead atoms. The maximum absolute atomic E-state index is 11.6. The van der Waals surface area contributed by atoms with Crippen LogP contribution in [0.2, 0.25) is 0 Å². The first-order valence-corrected chi connectivity index (χ1v) is 5.64. The van der Waals surface area contributed by atoms with E-state index >= 15 is 0 Å². The molecule has 1 amide bonds. The highest BCUT2D eigenvalue weighted by Gasteiger charge is 2.07. The summed E-state index contributed by atoms with van der Waals surface area (Å²) < 4.78 is 0. The molecule has 0 spiro atoms. The Bertz CT molecular complexity index is 398. The minimum Gasteiger partial charge on any atom is -0.478 e. The quantitative estimate of drug-likeness (QED) is 0.818. The Morgan fingerprint density at radius 3 is 2.35 bits per heavy atom. The number of aromatic carboxylic acids is 1. The van der Waals surface area contributed by atoms with Gasteiger partial charge in [-0.15, -0.1) is 0 Å². The molecule has 0 aliphatic carbocycles. The molecule has 0 saturated heterocycles. The van der Waals surface area contributed by atoms with Crippen molar-refractivity contribution in [3.8, 4) is 0 Å². The van der Waals surface area contributed by atoms with Crippen LogP contribution in [0.25, 0.3) is 0 Å². The van der Waals surface area contributed by atoms with Gasteiger partial charge in [0.2, 0.25) is 5.91 Å². The summed E-state index contributed by atoms with van der Waals surface area (Å²) in [5, 5.41) is 11.6. The largest absolute Gasteiger partial charge is 0.478 e. The Morgan fingerprint density at radius 2 is 1.88 bits per heavy atom. The molecule has 0 radical (unpaired) electrons. The third kappa shape index (κ3) is 4.26. The van der Waals surface area contributed by atoms with Crippen molar-refractivity contribution in [2.75, 3.05) is 0 Å². The summed E-state index contributed by atoms with van der Waals surface area (Å²) in [5.74, 6) is -0.997. The van der Waals surface area contributed by atoms with Gasteiger partial charge in [0, 0.05) is 6.04 Å². The van der Waals surface area contributed by atoms with Gasteiger partial charge in [0.1, 0.15) is 0 Å². The molecular formula is C13H17NO3. The molecule has 92 valence electrons. The van der Waals surface area contributed by atoms with E-state index in [-0.39, 0.29) is 23.9 Å². The summed E-state index contributed by atoms with van der Waals surface area (Å²) in [4.78, 5) is 22.2. The maximum atomic E-state index is 11.6. The number of rotatable bonds is 5. The molecule has 0 aromatic heterocycles. The molecule has 1 aromatic carbocycles. The highest BCUT2D eigenvalue weighted by Crippen LogP contribution is 2.05. The van der Waals surface area contributed by atoms with Crippen molar-refractivity contribution in [1.82, 2.24) is 5.32 Å². The molecule has 2 N–H and O–H groups in total. The average Bonchev–Trinajstić information content (AvgIpc) is 2.29. The molecule has 0 aliphatic rings. The molecular weight excluding hydrogens is 218 g/mol. The topological polar surface area (TPSA) is 66.4 Å². The molecule has 0 aliphatic heterocycles. The Hall–Kier alpha value is -1.84. The number of hydrogen-bond donors (Lipinski definition) is 2. The summed E-state index contributed by atoms with van der Waals surface area (Å²) in [6.45, 7) is 3.96. The zero-order valence-electron chi connectivity index (χ0n) is 10.1. The number of carbonyl (C=O) groups excluding carboxylic acids is 1. The molecule has 1 aromatic rings. The second-order valence-electron chi connectivity index (χ2n) is 4.06. The van der Waals surface area contributed by atoms with Gasteiger partial charge in [-0.3, -0.25) is 4.79 Å². The highest BCUT2D eigenvalue weighted by molar-refractivity contribution is 5.87. The molecule has 1 rings (SSSR count). The molecule has 4 heteroatoms. The van der Waals surface area contributed by atoms with Crippen molar-refractivity contribution in [3.63, 3.8) is 0 Å². The fraction of sp³-hybridized carbons (Fsp3) is 0.385. The number of nitrogens with one attached hydrogen (secondary N) is 1. The first kappa shape index (κ1) is 13.2. The summed E-state index contributed by atoms with van der Waals surface area (Å²) in [6, 6.07) is 6.52. The molecule has 4 nitrogen and oxygen atoms in total. The summed E-state index contributed by atoms with van der Waals surface area (Å²) in [5.41, 5.74) is 1.05. The third-order valence-electron chi connectivity index (χ3n) is 2.59. The Kier molecular flexibility index (Phi) is 4.69. The average molecular weight is 235 g/mol. The van der Waals surface area contributed by atoms with E-state index in [1.807, 2.05) is 13.8 Å². The van der Waals surface area contributed by atoms with Crippen LogP contribution in [0.1, 0.15) is 36.2 Å². The SMILES string of the molecule is CCC(C)NC(=O)Cc1ccc(C(=O)O)cc1. The lowest BCUT2D eigenvalue weighted by molar-refractivity contribution is -0.121. The van der Waals surface area contributed by atoms with Gasteiger partial charge in [-0.2, -0.15) is 0 Å². The first-order valence-electron chi connectivity index (χ1n) is 5.64. The number of carboxylic acid groups (broad SMARTS) is 1. The summed E-state index contributed by atoms with van der Waals surface area (Å²) in [6.07, 6.45) is 1.17. The number of carboxylic acids is 1. The van der Waals surface area contributed by atoms with Crippen molar-refractivity contribution >= 4 is 11.9 Å². The smallest absolute Gasteiger partial charge is 0.335 e. The predicted octanol–water partition coefficient (Wildman–Crippen LogP) is 1.84. The molecule has 0 saturated carbocycles. The predicted molar refractivity (Wildman–Crippen MR) is 65.0 cm³/mol. The first-order chi connectivity index (χ1) is 8.02. The second-order valence-corrected chi connectivity index (χ2v) is 4.06. The van der Waals surface area contributed by atoms with Gasteiger partial charge in [-0.1, -0.05) is 19.1 Å². The van der Waals surface area contributed by atoms with Gasteiger partial charge < -0.3 is 10.4 Å². The highest BCUT2D eigenvalue weighted by atomic mass is 16.4. The van der Waals surface area contributed by atoms with E-state index in [0.717, 1.165) is 12.0 Å². The molecule has 1 unspecified atom stereocenters. The fourth-order valence-electron chi connectivity index (χ4n) is 1.38. The van der Waals surface area contributed by atoms with Crippen LogP contribution < -0.4 is 5.32 Å². The van der Waals surface area contributed by atoms with Crippen molar-refractivity contribution in [1.29, 1.82) is 0 Å². The zero-order valence-corrected chi connectivity index (χ0v) is 10.1. The van der Waals surface area contributed by atoms with Gasteiger partial charge in [0.25, 0.3) is 0 Å². The normalized spacial score (nSPS) is 11.9. The monoisotopic (exact) mass is 235 g/mol. The van der Waals surface area contributed by atoms with Gasteiger partial charge in [0.05, 0.1) is 12.0 Å². The lowest BCUT2D eigenvalue weighted by Gasteiger charge is -2.11. The maximum Gasteiger partial charge on any atom is 0.335 e. The van der Waals surface area contributed by atoms with E-state index in [2.05, 4.69) is 5.32 Å². The minimum absolute atomic E-state index is 0.0394. The minimum atomic E-state index is -0.958. The van der Waals surface area contributed by atoms with Crippen LogP contribution in [0, 0.1) is 0 Å². The Morgan fingerprint density at radius 1 is 1.29 bits per heavy atom. The van der Waals surface area contributed by atoms with Crippen molar-refractivity contribution in [2.45, 2.75) is 32.7 Å². The van der Waals surface area contributed by atoms with Crippen LogP contribution in [0.3, 0.4) is 0 Å². The van der Waals surface area contributed by atoms with Gasteiger partial charge in [-0.05, 0) is 31.0 Å². The number of hydrogen-bond acceptors (Lipinski definition) is 2. The van der Waals surface area contributed by atoms with Crippen molar-refractivity contribution < 1.29 is 14.7 Å². The molecule has 0 heterocycles. The fourth-order valence-corrected chi connectivity index (χ4v) is 1.38. The molecule has 1 atom stereocenters.